The molecule has 0 aliphatic heterocycles. The summed E-state index contributed by atoms with van der Waals surface area (Å²) in [6, 6.07) is 2.15. The molecule has 0 bridgehead atoms. The minimum atomic E-state index is -3.72. The Labute approximate surface area is 119 Å². The van der Waals surface area contributed by atoms with E-state index in [0.29, 0.717) is 0 Å². The van der Waals surface area contributed by atoms with Crippen LogP contribution in [0.5, 0.6) is 0 Å². The molecule has 4 nitrogen and oxygen atoms in total. The quantitative estimate of drug-likeness (QED) is 0.793. The molecule has 0 radical (unpaired) electrons. The normalized spacial score (nSPS) is 13.6. The number of halogens is 2. The fourth-order valence-corrected chi connectivity index (χ4v) is 3.28. The Morgan fingerprint density at radius 2 is 2.17 bits per heavy atom. The van der Waals surface area contributed by atoms with Gasteiger partial charge in [-0.2, -0.15) is 11.8 Å². The Morgan fingerprint density at radius 1 is 1.56 bits per heavy atom. The number of nitrogen functional groups attached to an aromatic ring is 1. The molecule has 0 aromatic heterocycles. The van der Waals surface area contributed by atoms with Crippen molar-refractivity contribution in [2.75, 3.05) is 18.5 Å². The highest BCUT2D eigenvalue weighted by atomic mass is 79.9. The van der Waals surface area contributed by atoms with Gasteiger partial charge in [0, 0.05) is 11.8 Å². The standard InChI is InChI=1S/C10H14BrFN2O2S2/c1-6(17-2)5-14-18(15,16)10-3-7(11)8(12)4-9(10)13/h3-4,6,14H,5,13H2,1-2H3. The van der Waals surface area contributed by atoms with E-state index in [2.05, 4.69) is 20.7 Å². The van der Waals surface area contributed by atoms with Crippen molar-refractivity contribution < 1.29 is 12.8 Å². The van der Waals surface area contributed by atoms with E-state index in [1.807, 2.05) is 13.2 Å². The van der Waals surface area contributed by atoms with Crippen LogP contribution in [0.4, 0.5) is 10.1 Å². The number of hydrogen-bond donors (Lipinski definition) is 2. The average Bonchev–Trinajstić information content (AvgIpc) is 2.30. The lowest BCUT2D eigenvalue weighted by Crippen LogP contribution is -2.30. The number of rotatable bonds is 5. The molecule has 1 rings (SSSR count). The first-order valence-corrected chi connectivity index (χ1v) is 8.61. The van der Waals surface area contributed by atoms with E-state index in [-0.39, 0.29) is 26.9 Å². The average molecular weight is 357 g/mol. The maximum absolute atomic E-state index is 13.2. The second-order valence-electron chi connectivity index (χ2n) is 3.70. The smallest absolute Gasteiger partial charge is 0.242 e. The van der Waals surface area contributed by atoms with E-state index in [0.717, 1.165) is 12.1 Å². The van der Waals surface area contributed by atoms with Crippen LogP contribution in [-0.4, -0.2) is 26.5 Å². The van der Waals surface area contributed by atoms with Crippen LogP contribution in [-0.2, 0) is 10.0 Å². The monoisotopic (exact) mass is 356 g/mol. The maximum Gasteiger partial charge on any atom is 0.242 e. The first-order chi connectivity index (χ1) is 8.27. The summed E-state index contributed by atoms with van der Waals surface area (Å²) in [6.45, 7) is 2.19. The van der Waals surface area contributed by atoms with Crippen molar-refractivity contribution in [1.82, 2.24) is 4.72 Å². The summed E-state index contributed by atoms with van der Waals surface area (Å²) < 4.78 is 39.7. The van der Waals surface area contributed by atoms with Crippen molar-refractivity contribution in [3.63, 3.8) is 0 Å². The van der Waals surface area contributed by atoms with E-state index >= 15 is 0 Å². The number of anilines is 1. The summed E-state index contributed by atoms with van der Waals surface area (Å²) in [6.07, 6.45) is 1.89. The Hall–Kier alpha value is -0.310. The van der Waals surface area contributed by atoms with Crippen LogP contribution in [0.1, 0.15) is 6.92 Å². The Kier molecular flexibility index (Phi) is 5.45. The van der Waals surface area contributed by atoms with Gasteiger partial charge in [-0.05, 0) is 34.3 Å². The van der Waals surface area contributed by atoms with Gasteiger partial charge in [0.05, 0.1) is 10.2 Å². The van der Waals surface area contributed by atoms with Crippen LogP contribution in [0.3, 0.4) is 0 Å². The van der Waals surface area contributed by atoms with Crippen molar-refractivity contribution >= 4 is 43.4 Å². The first kappa shape index (κ1) is 15.7. The predicted molar refractivity (Wildman–Crippen MR) is 76.7 cm³/mol. The topological polar surface area (TPSA) is 72.2 Å². The largest absolute Gasteiger partial charge is 0.398 e. The van der Waals surface area contributed by atoms with Crippen molar-refractivity contribution in [2.24, 2.45) is 0 Å². The van der Waals surface area contributed by atoms with Gasteiger partial charge in [-0.25, -0.2) is 17.5 Å². The zero-order valence-electron chi connectivity index (χ0n) is 9.91. The van der Waals surface area contributed by atoms with E-state index in [1.165, 1.54) is 0 Å². The summed E-state index contributed by atoms with van der Waals surface area (Å²) in [7, 11) is -3.72. The van der Waals surface area contributed by atoms with Gasteiger partial charge in [-0.1, -0.05) is 6.92 Å². The summed E-state index contributed by atoms with van der Waals surface area (Å²) in [4.78, 5) is -0.121. The number of sulfonamides is 1. The van der Waals surface area contributed by atoms with Crippen LogP contribution in [0.25, 0.3) is 0 Å². The van der Waals surface area contributed by atoms with Crippen molar-refractivity contribution in [1.29, 1.82) is 0 Å². The number of nitrogens with two attached hydrogens (primary N) is 1. The van der Waals surface area contributed by atoms with E-state index in [9.17, 15) is 12.8 Å². The molecule has 8 heteroatoms. The van der Waals surface area contributed by atoms with Gasteiger partial charge in [0.15, 0.2) is 0 Å². The lowest BCUT2D eigenvalue weighted by Gasteiger charge is -2.12. The summed E-state index contributed by atoms with van der Waals surface area (Å²) >= 11 is 4.48. The zero-order valence-corrected chi connectivity index (χ0v) is 13.1. The third-order valence-corrected chi connectivity index (χ3v) is 5.36. The number of thioether (sulfide) groups is 1. The summed E-state index contributed by atoms with van der Waals surface area (Å²) in [5.74, 6) is -0.594. The number of benzene rings is 1. The SMILES string of the molecule is CSC(C)CNS(=O)(=O)c1cc(Br)c(F)cc1N. The molecule has 1 aromatic rings. The molecule has 0 aliphatic carbocycles. The van der Waals surface area contributed by atoms with Gasteiger partial charge in [0.2, 0.25) is 10.0 Å². The molecular weight excluding hydrogens is 343 g/mol. The molecule has 0 fully saturated rings. The van der Waals surface area contributed by atoms with Crippen LogP contribution in [0.15, 0.2) is 21.5 Å². The molecule has 0 amide bonds. The highest BCUT2D eigenvalue weighted by Crippen LogP contribution is 2.26. The summed E-state index contributed by atoms with van der Waals surface area (Å²) in [5, 5.41) is 0.143. The molecule has 102 valence electrons. The fraction of sp³-hybridized carbons (Fsp3) is 0.400. The second-order valence-corrected chi connectivity index (χ2v) is 7.57. The van der Waals surface area contributed by atoms with Gasteiger partial charge in [0.1, 0.15) is 10.7 Å². The van der Waals surface area contributed by atoms with E-state index in [1.54, 1.807) is 11.8 Å². The number of nitrogens with one attached hydrogen (secondary N) is 1. The highest BCUT2D eigenvalue weighted by molar-refractivity contribution is 9.10. The molecule has 0 heterocycles. The van der Waals surface area contributed by atoms with Gasteiger partial charge >= 0.3 is 0 Å². The van der Waals surface area contributed by atoms with Gasteiger partial charge < -0.3 is 5.73 Å². The molecule has 0 aliphatic rings. The van der Waals surface area contributed by atoms with Crippen LogP contribution >= 0.6 is 27.7 Å². The third kappa shape index (κ3) is 3.84. The molecule has 0 spiro atoms. The minimum Gasteiger partial charge on any atom is -0.398 e. The molecule has 18 heavy (non-hydrogen) atoms. The predicted octanol–water partition coefficient (Wildman–Crippen LogP) is 2.20. The van der Waals surface area contributed by atoms with Crippen molar-refractivity contribution in [3.05, 3.63) is 22.4 Å². The molecule has 1 unspecified atom stereocenters. The molecule has 3 N–H and O–H groups in total. The fourth-order valence-electron chi connectivity index (χ4n) is 1.16. The minimum absolute atomic E-state index is 0.0648. The molecule has 0 saturated carbocycles. The van der Waals surface area contributed by atoms with Crippen LogP contribution in [0.2, 0.25) is 0 Å². The molecule has 1 aromatic carbocycles. The van der Waals surface area contributed by atoms with Crippen molar-refractivity contribution in [2.45, 2.75) is 17.1 Å². The maximum atomic E-state index is 13.2. The third-order valence-electron chi connectivity index (χ3n) is 2.31. The van der Waals surface area contributed by atoms with Crippen LogP contribution < -0.4 is 10.5 Å². The van der Waals surface area contributed by atoms with E-state index in [4.69, 9.17) is 5.73 Å². The second kappa shape index (κ2) is 6.23. The summed E-state index contributed by atoms with van der Waals surface area (Å²) in [5.41, 5.74) is 5.42. The Balaban J connectivity index is 3.02. The van der Waals surface area contributed by atoms with E-state index < -0.39 is 15.8 Å². The van der Waals surface area contributed by atoms with Gasteiger partial charge in [0.25, 0.3) is 0 Å². The van der Waals surface area contributed by atoms with Gasteiger partial charge in [-0.3, -0.25) is 0 Å². The molecule has 0 saturated heterocycles. The Bertz CT molecular complexity index is 537. The Morgan fingerprint density at radius 3 is 2.72 bits per heavy atom. The van der Waals surface area contributed by atoms with Gasteiger partial charge in [-0.15, -0.1) is 0 Å². The lowest BCUT2D eigenvalue weighted by molar-refractivity contribution is 0.580. The van der Waals surface area contributed by atoms with Crippen molar-refractivity contribution in [3.8, 4) is 0 Å². The van der Waals surface area contributed by atoms with Crippen LogP contribution in [0, 0.1) is 5.82 Å². The lowest BCUT2D eigenvalue weighted by atomic mass is 10.3. The molecule has 1 atom stereocenters. The highest BCUT2D eigenvalue weighted by Gasteiger charge is 2.20. The first-order valence-electron chi connectivity index (χ1n) is 5.05. The molecular formula is C10H14BrFN2O2S2. The zero-order chi connectivity index (χ0) is 13.9. The number of hydrogen-bond acceptors (Lipinski definition) is 4.